The van der Waals surface area contributed by atoms with Crippen LogP contribution in [0.1, 0.15) is 71.3 Å². The van der Waals surface area contributed by atoms with E-state index in [0.29, 0.717) is 5.75 Å². The van der Waals surface area contributed by atoms with Gasteiger partial charge in [-0.25, -0.2) is 0 Å². The van der Waals surface area contributed by atoms with Crippen LogP contribution in [-0.4, -0.2) is 5.97 Å². The van der Waals surface area contributed by atoms with Gasteiger partial charge in [-0.3, -0.25) is 4.79 Å². The van der Waals surface area contributed by atoms with Gasteiger partial charge in [-0.15, -0.1) is 0 Å². The normalized spacial score (nSPS) is 34.4. The Labute approximate surface area is 146 Å². The standard InChI is InChI=1S/C22H30O2/c1-4-21(2,3)18-5-7-19(8-6-18)24-20(23)22-12-15-9-16(13-22)11-17(10-15)14-22/h5-8,15-17H,4,9-14H2,1-3H3. The highest BCUT2D eigenvalue weighted by Crippen LogP contribution is 2.60. The predicted molar refractivity (Wildman–Crippen MR) is 96.0 cm³/mol. The Kier molecular flexibility index (Phi) is 3.78. The number of carbonyl (C=O) groups is 1. The molecule has 0 aromatic heterocycles. The molecule has 0 heterocycles. The minimum atomic E-state index is -0.171. The Morgan fingerprint density at radius 2 is 1.54 bits per heavy atom. The molecule has 4 aliphatic carbocycles. The molecule has 0 unspecified atom stereocenters. The molecule has 4 saturated carbocycles. The average Bonchev–Trinajstić information content (AvgIpc) is 2.54. The molecule has 0 N–H and O–H groups in total. The highest BCUT2D eigenvalue weighted by atomic mass is 16.5. The maximum Gasteiger partial charge on any atom is 0.317 e. The van der Waals surface area contributed by atoms with Gasteiger partial charge < -0.3 is 4.74 Å². The summed E-state index contributed by atoms with van der Waals surface area (Å²) in [5.74, 6) is 3.08. The van der Waals surface area contributed by atoms with Gasteiger partial charge >= 0.3 is 5.97 Å². The van der Waals surface area contributed by atoms with E-state index >= 15 is 0 Å². The number of hydrogen-bond acceptors (Lipinski definition) is 2. The van der Waals surface area contributed by atoms with E-state index < -0.39 is 0 Å². The van der Waals surface area contributed by atoms with Crippen LogP contribution in [0.3, 0.4) is 0 Å². The fourth-order valence-electron chi connectivity index (χ4n) is 5.75. The van der Waals surface area contributed by atoms with E-state index in [0.717, 1.165) is 43.4 Å². The lowest BCUT2D eigenvalue weighted by Crippen LogP contribution is -2.51. The zero-order valence-corrected chi connectivity index (χ0v) is 15.3. The highest BCUT2D eigenvalue weighted by Gasteiger charge is 2.55. The summed E-state index contributed by atoms with van der Waals surface area (Å²) in [6, 6.07) is 8.19. The zero-order chi connectivity index (χ0) is 16.9. The first-order valence-corrected chi connectivity index (χ1v) is 9.73. The number of rotatable bonds is 4. The Bertz CT molecular complexity index is 591. The molecule has 0 aliphatic heterocycles. The molecule has 1 aromatic rings. The lowest BCUT2D eigenvalue weighted by atomic mass is 9.49. The number of hydrogen-bond donors (Lipinski definition) is 0. The maximum absolute atomic E-state index is 13.0. The van der Waals surface area contributed by atoms with Crippen molar-refractivity contribution in [3.8, 4) is 5.75 Å². The summed E-state index contributed by atoms with van der Waals surface area (Å²) >= 11 is 0. The lowest BCUT2D eigenvalue weighted by molar-refractivity contribution is -0.161. The van der Waals surface area contributed by atoms with E-state index in [1.54, 1.807) is 0 Å². The van der Waals surface area contributed by atoms with Gasteiger partial charge in [-0.1, -0.05) is 32.9 Å². The second-order valence-corrected chi connectivity index (χ2v) is 9.35. The molecule has 2 nitrogen and oxygen atoms in total. The average molecular weight is 326 g/mol. The molecule has 24 heavy (non-hydrogen) atoms. The summed E-state index contributed by atoms with van der Waals surface area (Å²) in [4.78, 5) is 13.0. The quantitative estimate of drug-likeness (QED) is 0.540. The third kappa shape index (κ3) is 2.68. The third-order valence-electron chi connectivity index (χ3n) is 7.20. The van der Waals surface area contributed by atoms with Crippen molar-refractivity contribution < 1.29 is 9.53 Å². The van der Waals surface area contributed by atoms with Crippen molar-refractivity contribution in [2.24, 2.45) is 23.2 Å². The van der Waals surface area contributed by atoms with E-state index in [9.17, 15) is 4.79 Å². The molecule has 4 bridgehead atoms. The molecular weight excluding hydrogens is 296 g/mol. The molecule has 0 saturated heterocycles. The fourth-order valence-corrected chi connectivity index (χ4v) is 5.75. The summed E-state index contributed by atoms with van der Waals surface area (Å²) in [5, 5.41) is 0. The van der Waals surface area contributed by atoms with Crippen molar-refractivity contribution in [1.82, 2.24) is 0 Å². The topological polar surface area (TPSA) is 26.3 Å². The molecule has 0 atom stereocenters. The van der Waals surface area contributed by atoms with Gasteiger partial charge in [-0.05, 0) is 85.8 Å². The minimum absolute atomic E-state index is 0.0455. The van der Waals surface area contributed by atoms with E-state index in [1.165, 1.54) is 24.8 Å². The number of benzene rings is 1. The summed E-state index contributed by atoms with van der Waals surface area (Å²) in [6.07, 6.45) is 8.36. The second-order valence-electron chi connectivity index (χ2n) is 9.35. The number of carbonyl (C=O) groups excluding carboxylic acids is 1. The van der Waals surface area contributed by atoms with Gasteiger partial charge in [0.05, 0.1) is 5.41 Å². The summed E-state index contributed by atoms with van der Waals surface area (Å²) in [5.41, 5.74) is 1.30. The van der Waals surface area contributed by atoms with Gasteiger partial charge in [0.1, 0.15) is 5.75 Å². The molecule has 0 radical (unpaired) electrons. The fraction of sp³-hybridized carbons (Fsp3) is 0.682. The molecule has 0 spiro atoms. The molecule has 130 valence electrons. The van der Waals surface area contributed by atoms with Crippen molar-refractivity contribution >= 4 is 5.97 Å². The van der Waals surface area contributed by atoms with Gasteiger partial charge in [0.15, 0.2) is 0 Å². The van der Waals surface area contributed by atoms with Crippen molar-refractivity contribution in [3.05, 3.63) is 29.8 Å². The van der Waals surface area contributed by atoms with Crippen LogP contribution in [0.25, 0.3) is 0 Å². The molecule has 4 fully saturated rings. The summed E-state index contributed by atoms with van der Waals surface area (Å²) in [7, 11) is 0. The van der Waals surface area contributed by atoms with Gasteiger partial charge in [0, 0.05) is 0 Å². The smallest absolute Gasteiger partial charge is 0.317 e. The van der Waals surface area contributed by atoms with Gasteiger partial charge in [0.25, 0.3) is 0 Å². The zero-order valence-electron chi connectivity index (χ0n) is 15.3. The first-order valence-electron chi connectivity index (χ1n) is 9.73. The van der Waals surface area contributed by atoms with E-state index in [1.807, 2.05) is 12.1 Å². The van der Waals surface area contributed by atoms with Crippen molar-refractivity contribution in [1.29, 1.82) is 0 Å². The summed E-state index contributed by atoms with van der Waals surface area (Å²) < 4.78 is 5.86. The largest absolute Gasteiger partial charge is 0.426 e. The van der Waals surface area contributed by atoms with Crippen LogP contribution >= 0.6 is 0 Å². The number of esters is 1. The molecule has 4 aliphatic rings. The van der Waals surface area contributed by atoms with Crippen LogP contribution < -0.4 is 4.74 Å². The number of ether oxygens (including phenoxy) is 1. The molecule has 1 aromatic carbocycles. The molecule has 2 heteroatoms. The van der Waals surface area contributed by atoms with Crippen molar-refractivity contribution in [3.63, 3.8) is 0 Å². The van der Waals surface area contributed by atoms with E-state index in [-0.39, 0.29) is 16.8 Å². The van der Waals surface area contributed by atoms with Crippen LogP contribution in [0.15, 0.2) is 24.3 Å². The van der Waals surface area contributed by atoms with Crippen LogP contribution in [0.5, 0.6) is 5.75 Å². The van der Waals surface area contributed by atoms with Crippen molar-refractivity contribution in [2.45, 2.75) is 71.1 Å². The SMILES string of the molecule is CCC(C)(C)c1ccc(OC(=O)C23CC4CC(CC(C4)C2)C3)cc1. The first kappa shape index (κ1) is 16.2. The molecule has 0 amide bonds. The Morgan fingerprint density at radius 3 is 2.00 bits per heavy atom. The predicted octanol–water partition coefficient (Wildman–Crippen LogP) is 5.50. The molecule has 5 rings (SSSR count). The molecular formula is C22H30O2. The Hall–Kier alpha value is -1.31. The maximum atomic E-state index is 13.0. The van der Waals surface area contributed by atoms with Crippen LogP contribution in [0.4, 0.5) is 0 Å². The van der Waals surface area contributed by atoms with Gasteiger partial charge in [-0.2, -0.15) is 0 Å². The Balaban J connectivity index is 1.48. The third-order valence-corrected chi connectivity index (χ3v) is 7.20. The first-order chi connectivity index (χ1) is 11.4. The summed E-state index contributed by atoms with van der Waals surface area (Å²) in [6.45, 7) is 6.72. The lowest BCUT2D eigenvalue weighted by Gasteiger charge is -2.55. The minimum Gasteiger partial charge on any atom is -0.426 e. The van der Waals surface area contributed by atoms with E-state index in [4.69, 9.17) is 4.74 Å². The van der Waals surface area contributed by atoms with E-state index in [2.05, 4.69) is 32.9 Å². The monoisotopic (exact) mass is 326 g/mol. The van der Waals surface area contributed by atoms with Gasteiger partial charge in [0.2, 0.25) is 0 Å². The Morgan fingerprint density at radius 1 is 1.04 bits per heavy atom. The van der Waals surface area contributed by atoms with Crippen molar-refractivity contribution in [2.75, 3.05) is 0 Å². The second kappa shape index (κ2) is 5.61. The highest BCUT2D eigenvalue weighted by molar-refractivity contribution is 5.79. The van der Waals surface area contributed by atoms with Crippen LogP contribution in [0.2, 0.25) is 0 Å². The van der Waals surface area contributed by atoms with Crippen LogP contribution in [0, 0.1) is 23.2 Å². The van der Waals surface area contributed by atoms with Crippen LogP contribution in [-0.2, 0) is 10.2 Å².